The quantitative estimate of drug-likeness (QED) is 0.702. The minimum atomic E-state index is -3.86. The number of anilines is 1. The summed E-state index contributed by atoms with van der Waals surface area (Å²) in [6.45, 7) is 1.67. The number of hydrogen-bond donors (Lipinski definition) is 3. The molecule has 1 aliphatic heterocycles. The number of carbonyl (C=O) groups excluding carboxylic acids is 1. The van der Waals surface area contributed by atoms with Gasteiger partial charge in [0.05, 0.1) is 17.7 Å². The van der Waals surface area contributed by atoms with E-state index in [2.05, 4.69) is 15.4 Å². The first kappa shape index (κ1) is 19.2. The average molecular weight is 389 g/mol. The zero-order valence-corrected chi connectivity index (χ0v) is 15.9. The fourth-order valence-corrected chi connectivity index (χ4v) is 4.10. The number of ether oxygens (including phenoxy) is 1. The number of rotatable bonds is 6. The number of carbonyl (C=O) groups is 1. The highest BCUT2D eigenvalue weighted by Gasteiger charge is 2.20. The van der Waals surface area contributed by atoms with Crippen molar-refractivity contribution in [2.45, 2.75) is 23.8 Å². The van der Waals surface area contributed by atoms with Crippen molar-refractivity contribution in [2.75, 3.05) is 24.9 Å². The second kappa shape index (κ2) is 8.41. The molecular weight excluding hydrogens is 366 g/mol. The molecule has 3 N–H and O–H groups in total. The van der Waals surface area contributed by atoms with Gasteiger partial charge in [-0.2, -0.15) is 0 Å². The van der Waals surface area contributed by atoms with Crippen LogP contribution in [0.3, 0.4) is 0 Å². The van der Waals surface area contributed by atoms with Crippen molar-refractivity contribution in [3.05, 3.63) is 54.1 Å². The summed E-state index contributed by atoms with van der Waals surface area (Å²) in [6, 6.07) is 12.8. The van der Waals surface area contributed by atoms with Crippen molar-refractivity contribution in [3.63, 3.8) is 0 Å². The largest absolute Gasteiger partial charge is 0.495 e. The van der Waals surface area contributed by atoms with Crippen LogP contribution < -0.4 is 20.1 Å². The molecular formula is C19H23N3O4S. The number of benzene rings is 2. The Morgan fingerprint density at radius 2 is 2.00 bits per heavy atom. The summed E-state index contributed by atoms with van der Waals surface area (Å²) in [5, 5.41) is 6.18. The fraction of sp³-hybridized carbons (Fsp3) is 0.316. The molecule has 0 aliphatic carbocycles. The molecule has 1 aliphatic rings. The molecule has 1 amide bonds. The molecule has 3 rings (SSSR count). The summed E-state index contributed by atoms with van der Waals surface area (Å²) in [6.07, 6.45) is 1.91. The molecule has 1 atom stereocenters. The van der Waals surface area contributed by atoms with E-state index in [0.717, 1.165) is 25.9 Å². The Morgan fingerprint density at radius 3 is 2.74 bits per heavy atom. The number of para-hydroxylation sites is 2. The maximum atomic E-state index is 12.7. The standard InChI is InChI=1S/C19H23N3O4S/c1-26-18-10-3-2-9-17(18)22-27(24,25)16-8-4-6-14(12-16)19(23)21-15-7-5-11-20-13-15/h2-4,6,8-10,12,15,20,22H,5,7,11,13H2,1H3,(H,21,23)/t15-/m0/s1. The van der Waals surface area contributed by atoms with Crippen LogP contribution >= 0.6 is 0 Å². The highest BCUT2D eigenvalue weighted by atomic mass is 32.2. The van der Waals surface area contributed by atoms with E-state index in [1.807, 2.05) is 0 Å². The van der Waals surface area contributed by atoms with Gasteiger partial charge in [-0.15, -0.1) is 0 Å². The highest BCUT2D eigenvalue weighted by Crippen LogP contribution is 2.26. The first-order chi connectivity index (χ1) is 13.0. The van der Waals surface area contributed by atoms with Crippen LogP contribution in [0.5, 0.6) is 5.75 Å². The molecule has 0 bridgehead atoms. The van der Waals surface area contributed by atoms with E-state index in [1.54, 1.807) is 36.4 Å². The van der Waals surface area contributed by atoms with E-state index < -0.39 is 10.0 Å². The summed E-state index contributed by atoms with van der Waals surface area (Å²) < 4.78 is 33.1. The number of piperidine rings is 1. The van der Waals surface area contributed by atoms with Crippen LogP contribution in [0.15, 0.2) is 53.4 Å². The van der Waals surface area contributed by atoms with Crippen LogP contribution in [-0.2, 0) is 10.0 Å². The zero-order chi connectivity index (χ0) is 19.3. The molecule has 2 aromatic rings. The average Bonchev–Trinajstić information content (AvgIpc) is 2.69. The predicted molar refractivity (Wildman–Crippen MR) is 104 cm³/mol. The second-order valence-electron chi connectivity index (χ2n) is 6.35. The van der Waals surface area contributed by atoms with Crippen molar-refractivity contribution in [1.82, 2.24) is 10.6 Å². The third-order valence-electron chi connectivity index (χ3n) is 4.39. The molecule has 0 radical (unpaired) electrons. The topological polar surface area (TPSA) is 96.5 Å². The van der Waals surface area contributed by atoms with Crippen LogP contribution in [0, 0.1) is 0 Å². The van der Waals surface area contributed by atoms with Gasteiger partial charge in [-0.3, -0.25) is 9.52 Å². The zero-order valence-electron chi connectivity index (χ0n) is 15.1. The summed E-state index contributed by atoms with van der Waals surface area (Å²) >= 11 is 0. The van der Waals surface area contributed by atoms with Gasteiger partial charge in [0.15, 0.2) is 0 Å². The van der Waals surface area contributed by atoms with Gasteiger partial charge in [0.2, 0.25) is 0 Å². The Hall–Kier alpha value is -2.58. The molecule has 0 spiro atoms. The van der Waals surface area contributed by atoms with Gasteiger partial charge in [0, 0.05) is 18.2 Å². The Balaban J connectivity index is 1.78. The van der Waals surface area contributed by atoms with Crippen molar-refractivity contribution < 1.29 is 17.9 Å². The van der Waals surface area contributed by atoms with Gasteiger partial charge in [0.1, 0.15) is 5.75 Å². The minimum Gasteiger partial charge on any atom is -0.495 e. The second-order valence-corrected chi connectivity index (χ2v) is 8.03. The van der Waals surface area contributed by atoms with Gasteiger partial charge in [0.25, 0.3) is 15.9 Å². The van der Waals surface area contributed by atoms with Gasteiger partial charge in [-0.1, -0.05) is 18.2 Å². The van der Waals surface area contributed by atoms with Gasteiger partial charge in [-0.25, -0.2) is 8.42 Å². The molecule has 8 heteroatoms. The summed E-state index contributed by atoms with van der Waals surface area (Å²) in [5.41, 5.74) is 0.645. The van der Waals surface area contributed by atoms with Crippen molar-refractivity contribution in [3.8, 4) is 5.75 Å². The maximum absolute atomic E-state index is 12.7. The first-order valence-corrected chi connectivity index (χ1v) is 10.3. The van der Waals surface area contributed by atoms with Crippen LogP contribution in [0.2, 0.25) is 0 Å². The van der Waals surface area contributed by atoms with Crippen LogP contribution in [-0.4, -0.2) is 40.6 Å². The van der Waals surface area contributed by atoms with E-state index >= 15 is 0 Å². The fourth-order valence-electron chi connectivity index (χ4n) is 2.98. The minimum absolute atomic E-state index is 0.0165. The van der Waals surface area contributed by atoms with E-state index in [-0.39, 0.29) is 16.8 Å². The Morgan fingerprint density at radius 1 is 1.19 bits per heavy atom. The Bertz CT molecular complexity index is 909. The molecule has 0 aromatic heterocycles. The number of nitrogens with one attached hydrogen (secondary N) is 3. The lowest BCUT2D eigenvalue weighted by atomic mass is 10.1. The normalized spacial score (nSPS) is 17.1. The summed E-state index contributed by atoms with van der Waals surface area (Å²) in [7, 11) is -2.39. The van der Waals surface area contributed by atoms with Crippen LogP contribution in [0.25, 0.3) is 0 Å². The number of methoxy groups -OCH3 is 1. The SMILES string of the molecule is COc1ccccc1NS(=O)(=O)c1cccc(C(=O)N[C@H]2CCCNC2)c1. The molecule has 1 saturated heterocycles. The van der Waals surface area contributed by atoms with E-state index in [0.29, 0.717) is 17.0 Å². The molecule has 0 unspecified atom stereocenters. The van der Waals surface area contributed by atoms with Crippen LogP contribution in [0.4, 0.5) is 5.69 Å². The predicted octanol–water partition coefficient (Wildman–Crippen LogP) is 1.98. The maximum Gasteiger partial charge on any atom is 0.262 e. The Labute approximate surface area is 159 Å². The molecule has 2 aromatic carbocycles. The van der Waals surface area contributed by atoms with Crippen molar-refractivity contribution >= 4 is 21.6 Å². The van der Waals surface area contributed by atoms with E-state index in [1.165, 1.54) is 19.2 Å². The molecule has 144 valence electrons. The monoisotopic (exact) mass is 389 g/mol. The smallest absolute Gasteiger partial charge is 0.262 e. The molecule has 27 heavy (non-hydrogen) atoms. The van der Waals surface area contributed by atoms with E-state index in [9.17, 15) is 13.2 Å². The molecule has 1 heterocycles. The summed E-state index contributed by atoms with van der Waals surface area (Å²) in [5.74, 6) is 0.137. The Kier molecular flexibility index (Phi) is 5.98. The number of sulfonamides is 1. The lowest BCUT2D eigenvalue weighted by Gasteiger charge is -2.23. The number of hydrogen-bond acceptors (Lipinski definition) is 5. The first-order valence-electron chi connectivity index (χ1n) is 8.77. The van der Waals surface area contributed by atoms with Gasteiger partial charge >= 0.3 is 0 Å². The third kappa shape index (κ3) is 4.78. The lowest BCUT2D eigenvalue weighted by Crippen LogP contribution is -2.45. The molecule has 1 fully saturated rings. The lowest BCUT2D eigenvalue weighted by molar-refractivity contribution is 0.0930. The molecule has 0 saturated carbocycles. The highest BCUT2D eigenvalue weighted by molar-refractivity contribution is 7.92. The molecule has 7 nitrogen and oxygen atoms in total. The van der Waals surface area contributed by atoms with Crippen molar-refractivity contribution in [1.29, 1.82) is 0 Å². The summed E-state index contributed by atoms with van der Waals surface area (Å²) in [4.78, 5) is 12.5. The van der Waals surface area contributed by atoms with E-state index in [4.69, 9.17) is 4.74 Å². The van der Waals surface area contributed by atoms with Crippen molar-refractivity contribution in [2.24, 2.45) is 0 Å². The van der Waals surface area contributed by atoms with Gasteiger partial charge in [-0.05, 0) is 49.7 Å². The van der Waals surface area contributed by atoms with Gasteiger partial charge < -0.3 is 15.4 Å². The third-order valence-corrected chi connectivity index (χ3v) is 5.75. The number of amides is 1. The van der Waals surface area contributed by atoms with Crippen LogP contribution in [0.1, 0.15) is 23.2 Å².